The van der Waals surface area contributed by atoms with Gasteiger partial charge in [0.05, 0.1) is 12.9 Å². The normalized spacial score (nSPS) is 12.7. The summed E-state index contributed by atoms with van der Waals surface area (Å²) in [4.78, 5) is 27.4. The number of carbonyl (C=O) groups excluding carboxylic acids is 2. The summed E-state index contributed by atoms with van der Waals surface area (Å²) in [6, 6.07) is 11.2. The van der Waals surface area contributed by atoms with Crippen molar-refractivity contribution in [2.75, 3.05) is 12.9 Å². The first-order chi connectivity index (χ1) is 15.3. The summed E-state index contributed by atoms with van der Waals surface area (Å²) < 4.78 is 19.2. The van der Waals surface area contributed by atoms with Crippen LogP contribution in [0.5, 0.6) is 5.75 Å². The van der Waals surface area contributed by atoms with Gasteiger partial charge in [-0.25, -0.2) is 4.39 Å². The molecule has 0 aliphatic rings. The molecule has 2 amide bonds. The molecule has 32 heavy (non-hydrogen) atoms. The maximum atomic E-state index is 14.0. The van der Waals surface area contributed by atoms with E-state index < -0.39 is 11.9 Å². The van der Waals surface area contributed by atoms with E-state index in [-0.39, 0.29) is 35.9 Å². The maximum Gasteiger partial charge on any atom is 0.242 e. The molecule has 174 valence electrons. The lowest BCUT2D eigenvalue weighted by Crippen LogP contribution is -2.50. The van der Waals surface area contributed by atoms with Crippen molar-refractivity contribution in [3.05, 3.63) is 64.4 Å². The molecule has 2 aromatic rings. The third-order valence-corrected chi connectivity index (χ3v) is 6.51. The van der Waals surface area contributed by atoms with Crippen LogP contribution in [0.1, 0.15) is 38.3 Å². The molecule has 0 heterocycles. The minimum atomic E-state index is -0.656. The van der Waals surface area contributed by atoms with Crippen molar-refractivity contribution >= 4 is 35.2 Å². The predicted octanol–water partition coefficient (Wildman–Crippen LogP) is 5.05. The Bertz CT molecular complexity index is 890. The van der Waals surface area contributed by atoms with Crippen LogP contribution >= 0.6 is 23.4 Å². The monoisotopic (exact) mass is 480 g/mol. The molecule has 0 fully saturated rings. The van der Waals surface area contributed by atoms with Gasteiger partial charge in [0.2, 0.25) is 11.8 Å². The molecule has 0 aliphatic heterocycles. The maximum absolute atomic E-state index is 14.0. The van der Waals surface area contributed by atoms with Crippen molar-refractivity contribution in [1.82, 2.24) is 10.2 Å². The van der Waals surface area contributed by atoms with E-state index in [1.54, 1.807) is 31.1 Å². The molecule has 2 rings (SSSR count). The van der Waals surface area contributed by atoms with Crippen molar-refractivity contribution in [3.63, 3.8) is 0 Å². The van der Waals surface area contributed by atoms with Crippen molar-refractivity contribution in [2.45, 2.75) is 51.6 Å². The van der Waals surface area contributed by atoms with E-state index in [4.69, 9.17) is 16.3 Å². The number of ether oxygens (including phenoxy) is 1. The largest absolute Gasteiger partial charge is 0.497 e. The Hall–Kier alpha value is -2.25. The molecule has 2 atom stereocenters. The summed E-state index contributed by atoms with van der Waals surface area (Å²) in [7, 11) is 1.59. The van der Waals surface area contributed by atoms with Crippen LogP contribution in [0.4, 0.5) is 4.39 Å². The molecule has 0 saturated heterocycles. The molecule has 2 aromatic carbocycles. The number of hydrogen-bond donors (Lipinski definition) is 1. The topological polar surface area (TPSA) is 58.6 Å². The number of thioether (sulfide) groups is 1. The zero-order valence-electron chi connectivity index (χ0n) is 18.9. The second-order valence-electron chi connectivity index (χ2n) is 7.56. The number of methoxy groups -OCH3 is 1. The first-order valence-corrected chi connectivity index (χ1v) is 12.0. The van der Waals surface area contributed by atoms with Crippen LogP contribution in [0, 0.1) is 5.82 Å². The van der Waals surface area contributed by atoms with Gasteiger partial charge in [-0.3, -0.25) is 9.59 Å². The Morgan fingerprint density at radius 3 is 2.47 bits per heavy atom. The van der Waals surface area contributed by atoms with Gasteiger partial charge in [0, 0.05) is 28.9 Å². The molecule has 8 heteroatoms. The number of hydrogen-bond acceptors (Lipinski definition) is 4. The van der Waals surface area contributed by atoms with Gasteiger partial charge < -0.3 is 15.0 Å². The summed E-state index contributed by atoms with van der Waals surface area (Å²) in [5.41, 5.74) is 1.25. The van der Waals surface area contributed by atoms with Gasteiger partial charge in [-0.1, -0.05) is 36.7 Å². The molecular weight excluding hydrogens is 451 g/mol. The van der Waals surface area contributed by atoms with Crippen LogP contribution < -0.4 is 10.1 Å². The highest BCUT2D eigenvalue weighted by Gasteiger charge is 2.26. The molecule has 5 nitrogen and oxygen atoms in total. The molecular formula is C24H30ClFN2O3S. The Balaban J connectivity index is 2.12. The number of nitrogens with zero attached hydrogens (tertiary/aromatic N) is 1. The highest BCUT2D eigenvalue weighted by Crippen LogP contribution is 2.24. The van der Waals surface area contributed by atoms with Gasteiger partial charge in [-0.05, 0) is 50.1 Å². The summed E-state index contributed by atoms with van der Waals surface area (Å²) >= 11 is 7.35. The fourth-order valence-electron chi connectivity index (χ4n) is 2.97. The zero-order valence-corrected chi connectivity index (χ0v) is 20.4. The zero-order chi connectivity index (χ0) is 23.7. The van der Waals surface area contributed by atoms with Crippen LogP contribution in [-0.2, 0) is 21.9 Å². The minimum absolute atomic E-state index is 0.0143. The first-order valence-electron chi connectivity index (χ1n) is 10.5. The molecule has 0 unspecified atom stereocenters. The molecule has 0 bridgehead atoms. The van der Waals surface area contributed by atoms with Crippen LogP contribution in [0.3, 0.4) is 0 Å². The summed E-state index contributed by atoms with van der Waals surface area (Å²) in [6.45, 7) is 5.91. The Kier molecular flexibility index (Phi) is 10.3. The van der Waals surface area contributed by atoms with Crippen molar-refractivity contribution in [2.24, 2.45) is 0 Å². The van der Waals surface area contributed by atoms with E-state index in [0.717, 1.165) is 12.0 Å². The number of nitrogens with one attached hydrogen (secondary N) is 1. The molecule has 0 saturated carbocycles. The fourth-order valence-corrected chi connectivity index (χ4v) is 4.22. The SMILES string of the molecule is CC[C@H](C)NC(=O)[C@@H](C)N(Cc1ccc(OC)cc1)C(=O)CSCc1c(F)cccc1Cl. The van der Waals surface area contributed by atoms with Gasteiger partial charge >= 0.3 is 0 Å². The molecule has 1 N–H and O–H groups in total. The standard InChI is InChI=1S/C24H30ClFN2O3S/c1-5-16(2)27-24(30)17(3)28(13-18-9-11-19(31-4)12-10-18)23(29)15-32-14-20-21(25)7-6-8-22(20)26/h6-12,16-17H,5,13-15H2,1-4H3,(H,27,30)/t16-,17+/m0/s1. The highest BCUT2D eigenvalue weighted by molar-refractivity contribution is 7.99. The average Bonchev–Trinajstić information content (AvgIpc) is 2.79. The van der Waals surface area contributed by atoms with Crippen LogP contribution in [-0.4, -0.2) is 41.7 Å². The van der Waals surface area contributed by atoms with Gasteiger partial charge in [0.1, 0.15) is 17.6 Å². The van der Waals surface area contributed by atoms with Crippen LogP contribution in [0.2, 0.25) is 5.02 Å². The predicted molar refractivity (Wildman–Crippen MR) is 128 cm³/mol. The van der Waals surface area contributed by atoms with E-state index in [0.29, 0.717) is 16.3 Å². The summed E-state index contributed by atoms with van der Waals surface area (Å²) in [5, 5.41) is 3.27. The van der Waals surface area contributed by atoms with Crippen molar-refractivity contribution in [3.8, 4) is 5.75 Å². The Labute approximate surface area is 198 Å². The summed E-state index contributed by atoms with van der Waals surface area (Å²) in [6.07, 6.45) is 0.796. The second-order valence-corrected chi connectivity index (χ2v) is 8.95. The second kappa shape index (κ2) is 12.7. The van der Waals surface area contributed by atoms with Crippen molar-refractivity contribution in [1.29, 1.82) is 0 Å². The molecule has 0 aliphatic carbocycles. The lowest BCUT2D eigenvalue weighted by atomic mass is 10.1. The number of carbonyl (C=O) groups is 2. The van der Waals surface area contributed by atoms with Crippen molar-refractivity contribution < 1.29 is 18.7 Å². The summed E-state index contributed by atoms with van der Waals surface area (Å²) in [5.74, 6) is 0.275. The highest BCUT2D eigenvalue weighted by atomic mass is 35.5. The van der Waals surface area contributed by atoms with Crippen LogP contribution in [0.15, 0.2) is 42.5 Å². The van der Waals surface area contributed by atoms with E-state index in [1.807, 2.05) is 38.1 Å². The lowest BCUT2D eigenvalue weighted by Gasteiger charge is -2.29. The third kappa shape index (κ3) is 7.41. The minimum Gasteiger partial charge on any atom is -0.497 e. The Morgan fingerprint density at radius 1 is 1.19 bits per heavy atom. The number of benzene rings is 2. The molecule has 0 spiro atoms. The van der Waals surface area contributed by atoms with Crippen LogP contribution in [0.25, 0.3) is 0 Å². The number of rotatable bonds is 11. The number of halogens is 2. The van der Waals surface area contributed by atoms with Gasteiger partial charge in [0.15, 0.2) is 0 Å². The quantitative estimate of drug-likeness (QED) is 0.488. The Morgan fingerprint density at radius 2 is 1.88 bits per heavy atom. The van der Waals surface area contributed by atoms with Gasteiger partial charge in [0.25, 0.3) is 0 Å². The molecule has 0 aromatic heterocycles. The van der Waals surface area contributed by atoms with E-state index in [9.17, 15) is 14.0 Å². The number of amides is 2. The van der Waals surface area contributed by atoms with Gasteiger partial charge in [-0.15, -0.1) is 11.8 Å². The van der Waals surface area contributed by atoms with E-state index in [1.165, 1.54) is 17.8 Å². The third-order valence-electron chi connectivity index (χ3n) is 5.21. The fraction of sp³-hybridized carbons (Fsp3) is 0.417. The average molecular weight is 481 g/mol. The smallest absolute Gasteiger partial charge is 0.242 e. The van der Waals surface area contributed by atoms with E-state index >= 15 is 0 Å². The van der Waals surface area contributed by atoms with E-state index in [2.05, 4.69) is 5.32 Å². The van der Waals surface area contributed by atoms with Gasteiger partial charge in [-0.2, -0.15) is 0 Å². The lowest BCUT2D eigenvalue weighted by molar-refractivity contribution is -0.138. The molecule has 0 radical (unpaired) electrons. The first kappa shape index (κ1) is 26.0.